The Balaban J connectivity index is 2.80. The molecule has 1 rings (SSSR count). The lowest BCUT2D eigenvalue weighted by Gasteiger charge is -2.09. The second-order valence-corrected chi connectivity index (χ2v) is 3.06. The molecule has 0 unspecified atom stereocenters. The van der Waals surface area contributed by atoms with Gasteiger partial charge in [0.1, 0.15) is 5.82 Å². The van der Waals surface area contributed by atoms with E-state index in [9.17, 15) is 4.39 Å². The van der Waals surface area contributed by atoms with Gasteiger partial charge in [-0.2, -0.15) is 0 Å². The Bertz CT molecular complexity index is 362. The first kappa shape index (κ1) is 11.5. The van der Waals surface area contributed by atoms with Crippen molar-refractivity contribution >= 4 is 11.6 Å². The maximum absolute atomic E-state index is 13.0. The van der Waals surface area contributed by atoms with Crippen LogP contribution in [-0.2, 0) is 0 Å². The third-order valence-corrected chi connectivity index (χ3v) is 1.87. The average molecular weight is 210 g/mol. The molecule has 1 aromatic carbocycles. The second kappa shape index (κ2) is 5.31. The number of nitrogens with one attached hydrogen (secondary N) is 2. The minimum Gasteiger partial charge on any atom is -0.325 e. The van der Waals surface area contributed by atoms with Crippen molar-refractivity contribution in [2.75, 3.05) is 11.9 Å². The zero-order valence-corrected chi connectivity index (χ0v) is 8.84. The van der Waals surface area contributed by atoms with Crippen molar-refractivity contribution in [3.63, 3.8) is 0 Å². The Morgan fingerprint density at radius 2 is 2.27 bits per heavy atom. The molecule has 0 atom stereocenters. The van der Waals surface area contributed by atoms with E-state index in [4.69, 9.17) is 5.84 Å². The molecule has 1 aromatic rings. The molecule has 0 aliphatic carbocycles. The van der Waals surface area contributed by atoms with Gasteiger partial charge in [-0.15, -0.1) is 0 Å². The van der Waals surface area contributed by atoms with Crippen LogP contribution in [0.4, 0.5) is 10.1 Å². The van der Waals surface area contributed by atoms with Crippen LogP contribution in [0.5, 0.6) is 0 Å². The van der Waals surface area contributed by atoms with Gasteiger partial charge in [-0.1, -0.05) is 0 Å². The van der Waals surface area contributed by atoms with E-state index in [1.54, 1.807) is 19.1 Å². The minimum atomic E-state index is -0.227. The van der Waals surface area contributed by atoms with Crippen LogP contribution in [0.1, 0.15) is 12.5 Å². The highest BCUT2D eigenvalue weighted by molar-refractivity contribution is 5.93. The fourth-order valence-corrected chi connectivity index (χ4v) is 1.14. The standard InChI is InChI=1S/C10H15FN4/c1-3-13-10(15-12)14-8-4-5-9(11)7(2)6-8/h4-6H,3,12H2,1-2H3,(H2,13,14,15). The van der Waals surface area contributed by atoms with E-state index >= 15 is 0 Å². The topological polar surface area (TPSA) is 62.4 Å². The fraction of sp³-hybridized carbons (Fsp3) is 0.300. The number of nitrogens with zero attached hydrogens (tertiary/aromatic N) is 1. The Morgan fingerprint density at radius 3 is 2.80 bits per heavy atom. The number of hydrogen-bond acceptors (Lipinski definition) is 2. The number of hydrogen-bond donors (Lipinski definition) is 3. The molecule has 4 nitrogen and oxygen atoms in total. The lowest BCUT2D eigenvalue weighted by atomic mass is 10.2. The van der Waals surface area contributed by atoms with Crippen molar-refractivity contribution in [3.8, 4) is 0 Å². The Morgan fingerprint density at radius 1 is 1.53 bits per heavy atom. The van der Waals surface area contributed by atoms with Crippen LogP contribution in [0, 0.1) is 12.7 Å². The normalized spacial score (nSPS) is 11.3. The molecule has 0 aromatic heterocycles. The van der Waals surface area contributed by atoms with Gasteiger partial charge in [0.25, 0.3) is 0 Å². The second-order valence-electron chi connectivity index (χ2n) is 3.06. The Hall–Kier alpha value is -1.62. The number of anilines is 1. The van der Waals surface area contributed by atoms with Crippen molar-refractivity contribution in [2.45, 2.75) is 13.8 Å². The lowest BCUT2D eigenvalue weighted by Crippen LogP contribution is -2.36. The van der Waals surface area contributed by atoms with Crippen LogP contribution in [-0.4, -0.2) is 12.5 Å². The number of rotatable bonds is 2. The third-order valence-electron chi connectivity index (χ3n) is 1.87. The first-order valence-electron chi connectivity index (χ1n) is 4.71. The van der Waals surface area contributed by atoms with Gasteiger partial charge < -0.3 is 5.32 Å². The smallest absolute Gasteiger partial charge is 0.210 e. The van der Waals surface area contributed by atoms with E-state index in [1.807, 2.05) is 6.92 Å². The predicted octanol–water partition coefficient (Wildman–Crippen LogP) is 1.39. The summed E-state index contributed by atoms with van der Waals surface area (Å²) >= 11 is 0. The van der Waals surface area contributed by atoms with Crippen LogP contribution in [0.15, 0.2) is 23.2 Å². The minimum absolute atomic E-state index is 0.227. The summed E-state index contributed by atoms with van der Waals surface area (Å²) in [4.78, 5) is 4.07. The van der Waals surface area contributed by atoms with Crippen LogP contribution in [0.25, 0.3) is 0 Å². The molecule has 0 saturated heterocycles. The summed E-state index contributed by atoms with van der Waals surface area (Å²) in [5.41, 5.74) is 3.76. The molecule has 0 fully saturated rings. The predicted molar refractivity (Wildman–Crippen MR) is 60.1 cm³/mol. The van der Waals surface area contributed by atoms with Crippen LogP contribution < -0.4 is 16.6 Å². The van der Waals surface area contributed by atoms with E-state index in [-0.39, 0.29) is 5.82 Å². The number of nitrogens with two attached hydrogens (primary N) is 1. The number of benzene rings is 1. The lowest BCUT2D eigenvalue weighted by molar-refractivity contribution is 0.619. The van der Waals surface area contributed by atoms with Gasteiger partial charge in [0, 0.05) is 12.2 Å². The molecule has 4 N–H and O–H groups in total. The van der Waals surface area contributed by atoms with Crippen molar-refractivity contribution in [1.82, 2.24) is 5.43 Å². The van der Waals surface area contributed by atoms with Gasteiger partial charge in [-0.05, 0) is 37.6 Å². The quantitative estimate of drug-likeness (QED) is 0.299. The number of guanidine groups is 1. The largest absolute Gasteiger partial charge is 0.325 e. The molecule has 0 aliphatic heterocycles. The zero-order chi connectivity index (χ0) is 11.3. The Kier molecular flexibility index (Phi) is 4.05. The molecular weight excluding hydrogens is 195 g/mol. The molecule has 0 heterocycles. The van der Waals surface area contributed by atoms with Crippen molar-refractivity contribution in [2.24, 2.45) is 10.8 Å². The summed E-state index contributed by atoms with van der Waals surface area (Å²) in [6.45, 7) is 4.22. The average Bonchev–Trinajstić information content (AvgIpc) is 2.23. The van der Waals surface area contributed by atoms with Gasteiger partial charge in [0.2, 0.25) is 5.96 Å². The highest BCUT2D eigenvalue weighted by Crippen LogP contribution is 2.13. The van der Waals surface area contributed by atoms with Crippen LogP contribution in [0.3, 0.4) is 0 Å². The molecule has 0 amide bonds. The molecule has 0 radical (unpaired) electrons. The fourth-order valence-electron chi connectivity index (χ4n) is 1.14. The number of aliphatic imine (C=N–C) groups is 1. The molecule has 0 saturated carbocycles. The van der Waals surface area contributed by atoms with E-state index in [0.717, 1.165) is 5.69 Å². The van der Waals surface area contributed by atoms with Crippen molar-refractivity contribution in [3.05, 3.63) is 29.6 Å². The number of halogens is 1. The third kappa shape index (κ3) is 3.21. The van der Waals surface area contributed by atoms with Gasteiger partial charge >= 0.3 is 0 Å². The molecular formula is C10H15FN4. The summed E-state index contributed by atoms with van der Waals surface area (Å²) in [5.74, 6) is 5.49. The molecule has 5 heteroatoms. The Labute approximate surface area is 88.4 Å². The summed E-state index contributed by atoms with van der Waals surface area (Å²) < 4.78 is 13.0. The highest BCUT2D eigenvalue weighted by atomic mass is 19.1. The van der Waals surface area contributed by atoms with Gasteiger partial charge in [0.05, 0.1) is 0 Å². The summed E-state index contributed by atoms with van der Waals surface area (Å²) in [7, 11) is 0. The van der Waals surface area contributed by atoms with E-state index in [0.29, 0.717) is 18.1 Å². The zero-order valence-electron chi connectivity index (χ0n) is 8.84. The molecule has 82 valence electrons. The SMILES string of the molecule is CCN=C(NN)Nc1ccc(F)c(C)c1. The van der Waals surface area contributed by atoms with Gasteiger partial charge in [-0.25, -0.2) is 10.2 Å². The first-order valence-corrected chi connectivity index (χ1v) is 4.71. The summed E-state index contributed by atoms with van der Waals surface area (Å²) in [6.07, 6.45) is 0. The summed E-state index contributed by atoms with van der Waals surface area (Å²) in [5, 5.41) is 2.94. The molecule has 15 heavy (non-hydrogen) atoms. The van der Waals surface area contributed by atoms with Crippen LogP contribution in [0.2, 0.25) is 0 Å². The van der Waals surface area contributed by atoms with E-state index < -0.39 is 0 Å². The highest BCUT2D eigenvalue weighted by Gasteiger charge is 2.00. The van der Waals surface area contributed by atoms with Gasteiger partial charge in [-0.3, -0.25) is 10.4 Å². The first-order chi connectivity index (χ1) is 7.17. The van der Waals surface area contributed by atoms with Crippen molar-refractivity contribution in [1.29, 1.82) is 0 Å². The molecule has 0 bridgehead atoms. The maximum Gasteiger partial charge on any atom is 0.210 e. The van der Waals surface area contributed by atoms with Crippen LogP contribution >= 0.6 is 0 Å². The molecule has 0 spiro atoms. The maximum atomic E-state index is 13.0. The number of hydrazine groups is 1. The summed E-state index contributed by atoms with van der Waals surface area (Å²) in [6, 6.07) is 4.72. The van der Waals surface area contributed by atoms with Gasteiger partial charge in [0.15, 0.2) is 0 Å². The van der Waals surface area contributed by atoms with E-state index in [2.05, 4.69) is 15.7 Å². The molecule has 0 aliphatic rings. The number of aryl methyl sites for hydroxylation is 1. The van der Waals surface area contributed by atoms with Crippen molar-refractivity contribution < 1.29 is 4.39 Å². The monoisotopic (exact) mass is 210 g/mol. The van der Waals surface area contributed by atoms with E-state index in [1.165, 1.54) is 6.07 Å².